The SMILES string of the molecule is CCC(CC)C(C)(O)CCNCCOC. The van der Waals surface area contributed by atoms with Crippen LogP contribution < -0.4 is 5.32 Å². The summed E-state index contributed by atoms with van der Waals surface area (Å²) in [5, 5.41) is 13.5. The summed E-state index contributed by atoms with van der Waals surface area (Å²) in [4.78, 5) is 0. The third-order valence-electron chi connectivity index (χ3n) is 3.16. The third-order valence-corrected chi connectivity index (χ3v) is 3.16. The van der Waals surface area contributed by atoms with Gasteiger partial charge in [0.05, 0.1) is 12.2 Å². The maximum absolute atomic E-state index is 10.3. The maximum atomic E-state index is 10.3. The van der Waals surface area contributed by atoms with Gasteiger partial charge in [-0.2, -0.15) is 0 Å². The molecule has 0 aliphatic heterocycles. The van der Waals surface area contributed by atoms with Gasteiger partial charge in [0.15, 0.2) is 0 Å². The van der Waals surface area contributed by atoms with E-state index < -0.39 is 5.60 Å². The highest BCUT2D eigenvalue weighted by Crippen LogP contribution is 2.26. The van der Waals surface area contributed by atoms with Crippen molar-refractivity contribution >= 4 is 0 Å². The summed E-state index contributed by atoms with van der Waals surface area (Å²) < 4.78 is 4.94. The van der Waals surface area contributed by atoms with E-state index >= 15 is 0 Å². The first-order valence-electron chi connectivity index (χ1n) is 6.00. The largest absolute Gasteiger partial charge is 0.390 e. The molecule has 0 aliphatic carbocycles. The van der Waals surface area contributed by atoms with Crippen LogP contribution >= 0.6 is 0 Å². The number of aliphatic hydroxyl groups is 1. The standard InChI is InChI=1S/C12H27NO2/c1-5-11(6-2)12(3,14)7-8-13-9-10-15-4/h11,13-14H,5-10H2,1-4H3. The molecule has 0 radical (unpaired) electrons. The van der Waals surface area contributed by atoms with Gasteiger partial charge in [0, 0.05) is 13.7 Å². The van der Waals surface area contributed by atoms with Crippen molar-refractivity contribution in [1.82, 2.24) is 5.32 Å². The molecule has 1 unspecified atom stereocenters. The highest BCUT2D eigenvalue weighted by molar-refractivity contribution is 4.81. The van der Waals surface area contributed by atoms with Gasteiger partial charge in [-0.15, -0.1) is 0 Å². The Kier molecular flexibility index (Phi) is 8.02. The first-order chi connectivity index (χ1) is 7.08. The molecule has 0 fully saturated rings. The minimum absolute atomic E-state index is 0.404. The van der Waals surface area contributed by atoms with E-state index in [1.54, 1.807) is 7.11 Å². The van der Waals surface area contributed by atoms with Gasteiger partial charge in [0.2, 0.25) is 0 Å². The van der Waals surface area contributed by atoms with Crippen molar-refractivity contribution < 1.29 is 9.84 Å². The van der Waals surface area contributed by atoms with Gasteiger partial charge < -0.3 is 15.2 Å². The molecule has 1 atom stereocenters. The Morgan fingerprint density at radius 2 is 1.87 bits per heavy atom. The van der Waals surface area contributed by atoms with E-state index in [4.69, 9.17) is 4.74 Å². The van der Waals surface area contributed by atoms with Gasteiger partial charge in [0.1, 0.15) is 0 Å². The lowest BCUT2D eigenvalue weighted by atomic mass is 9.82. The monoisotopic (exact) mass is 217 g/mol. The normalized spacial score (nSPS) is 15.6. The van der Waals surface area contributed by atoms with Gasteiger partial charge in [0.25, 0.3) is 0 Å². The number of methoxy groups -OCH3 is 1. The van der Waals surface area contributed by atoms with Crippen LogP contribution in [0.15, 0.2) is 0 Å². The minimum atomic E-state index is -0.538. The van der Waals surface area contributed by atoms with E-state index in [-0.39, 0.29) is 0 Å². The van der Waals surface area contributed by atoms with Crippen LogP contribution in [0.25, 0.3) is 0 Å². The van der Waals surface area contributed by atoms with E-state index in [0.717, 1.165) is 39.0 Å². The zero-order valence-electron chi connectivity index (χ0n) is 10.7. The first kappa shape index (κ1) is 14.9. The van der Waals surface area contributed by atoms with Crippen molar-refractivity contribution in [3.8, 4) is 0 Å². The molecule has 0 aliphatic rings. The predicted octanol–water partition coefficient (Wildman–Crippen LogP) is 1.80. The molecule has 0 saturated heterocycles. The molecule has 0 heterocycles. The van der Waals surface area contributed by atoms with Crippen LogP contribution in [0.1, 0.15) is 40.0 Å². The highest BCUT2D eigenvalue weighted by Gasteiger charge is 2.28. The molecule has 2 N–H and O–H groups in total. The second-order valence-electron chi connectivity index (χ2n) is 4.36. The van der Waals surface area contributed by atoms with Crippen LogP contribution in [0.2, 0.25) is 0 Å². The topological polar surface area (TPSA) is 41.5 Å². The lowest BCUT2D eigenvalue weighted by Crippen LogP contribution is -2.37. The smallest absolute Gasteiger partial charge is 0.0659 e. The first-order valence-corrected chi connectivity index (χ1v) is 6.00. The maximum Gasteiger partial charge on any atom is 0.0659 e. The number of hydrogen-bond acceptors (Lipinski definition) is 3. The fraction of sp³-hybridized carbons (Fsp3) is 1.00. The van der Waals surface area contributed by atoms with Gasteiger partial charge in [-0.3, -0.25) is 0 Å². The summed E-state index contributed by atoms with van der Waals surface area (Å²) >= 11 is 0. The summed E-state index contributed by atoms with van der Waals surface area (Å²) in [6.07, 6.45) is 2.90. The second-order valence-corrected chi connectivity index (χ2v) is 4.36. The Balaban J connectivity index is 3.72. The Morgan fingerprint density at radius 3 is 2.33 bits per heavy atom. The van der Waals surface area contributed by atoms with Crippen molar-refractivity contribution in [1.29, 1.82) is 0 Å². The zero-order valence-corrected chi connectivity index (χ0v) is 10.7. The molecule has 0 bridgehead atoms. The minimum Gasteiger partial charge on any atom is -0.390 e. The number of rotatable bonds is 9. The zero-order chi connectivity index (χ0) is 11.7. The third kappa shape index (κ3) is 6.13. The Morgan fingerprint density at radius 1 is 1.27 bits per heavy atom. The summed E-state index contributed by atoms with van der Waals surface area (Å²) in [7, 11) is 1.70. The van der Waals surface area contributed by atoms with Crippen molar-refractivity contribution in [2.75, 3.05) is 26.8 Å². The summed E-state index contributed by atoms with van der Waals surface area (Å²) in [5.74, 6) is 0.404. The van der Waals surface area contributed by atoms with Crippen molar-refractivity contribution in [2.45, 2.75) is 45.6 Å². The van der Waals surface area contributed by atoms with E-state index in [2.05, 4.69) is 19.2 Å². The van der Waals surface area contributed by atoms with E-state index in [0.29, 0.717) is 5.92 Å². The average molecular weight is 217 g/mol. The number of ether oxygens (including phenoxy) is 1. The van der Waals surface area contributed by atoms with Gasteiger partial charge >= 0.3 is 0 Å². The lowest BCUT2D eigenvalue weighted by molar-refractivity contribution is -0.0118. The molecule has 92 valence electrons. The summed E-state index contributed by atoms with van der Waals surface area (Å²) in [5.41, 5.74) is -0.538. The average Bonchev–Trinajstić information content (AvgIpc) is 2.18. The molecule has 3 heteroatoms. The molecule has 15 heavy (non-hydrogen) atoms. The van der Waals surface area contributed by atoms with Gasteiger partial charge in [-0.05, 0) is 25.8 Å². The van der Waals surface area contributed by atoms with Crippen LogP contribution in [0.3, 0.4) is 0 Å². The molecule has 0 spiro atoms. The van der Waals surface area contributed by atoms with Crippen LogP contribution in [-0.4, -0.2) is 37.5 Å². The lowest BCUT2D eigenvalue weighted by Gasteiger charge is -2.31. The molecule has 0 saturated carbocycles. The molecule has 3 nitrogen and oxygen atoms in total. The molecule has 0 aromatic carbocycles. The van der Waals surface area contributed by atoms with Crippen LogP contribution in [0.4, 0.5) is 0 Å². The Bertz CT molecular complexity index is 145. The fourth-order valence-electron chi connectivity index (χ4n) is 2.01. The molecule has 0 aromatic rings. The molecular formula is C12H27NO2. The molecule has 0 amide bonds. The number of nitrogens with one attached hydrogen (secondary N) is 1. The van der Waals surface area contributed by atoms with Crippen molar-refractivity contribution in [3.63, 3.8) is 0 Å². The second kappa shape index (κ2) is 8.08. The Labute approximate surface area is 94.2 Å². The van der Waals surface area contributed by atoms with Crippen LogP contribution in [0.5, 0.6) is 0 Å². The highest BCUT2D eigenvalue weighted by atomic mass is 16.5. The summed E-state index contributed by atoms with van der Waals surface area (Å²) in [6.45, 7) is 8.67. The quantitative estimate of drug-likeness (QED) is 0.579. The van der Waals surface area contributed by atoms with E-state index in [9.17, 15) is 5.11 Å². The molecule has 0 rings (SSSR count). The van der Waals surface area contributed by atoms with Gasteiger partial charge in [-0.1, -0.05) is 26.7 Å². The predicted molar refractivity (Wildman–Crippen MR) is 64.1 cm³/mol. The van der Waals surface area contributed by atoms with E-state index in [1.807, 2.05) is 6.92 Å². The molecular weight excluding hydrogens is 190 g/mol. The van der Waals surface area contributed by atoms with Gasteiger partial charge in [-0.25, -0.2) is 0 Å². The fourth-order valence-corrected chi connectivity index (χ4v) is 2.01. The molecule has 0 aromatic heterocycles. The van der Waals surface area contributed by atoms with Crippen LogP contribution in [-0.2, 0) is 4.74 Å². The van der Waals surface area contributed by atoms with E-state index in [1.165, 1.54) is 0 Å². The summed E-state index contributed by atoms with van der Waals surface area (Å²) in [6, 6.07) is 0. The number of hydrogen-bond donors (Lipinski definition) is 2. The Hall–Kier alpha value is -0.120. The van der Waals surface area contributed by atoms with Crippen molar-refractivity contribution in [3.05, 3.63) is 0 Å². The van der Waals surface area contributed by atoms with Crippen LogP contribution in [0, 0.1) is 5.92 Å². The van der Waals surface area contributed by atoms with Crippen molar-refractivity contribution in [2.24, 2.45) is 5.92 Å².